The fraction of sp³-hybridized carbons (Fsp3) is 0.143. The van der Waals surface area contributed by atoms with Crippen LogP contribution in [0.2, 0.25) is 0 Å². The first-order valence-corrected chi connectivity index (χ1v) is 8.59. The van der Waals surface area contributed by atoms with E-state index in [1.54, 1.807) is 11.1 Å². The minimum atomic E-state index is -0.609. The van der Waals surface area contributed by atoms with Gasteiger partial charge in [0.15, 0.2) is 6.61 Å². The summed E-state index contributed by atoms with van der Waals surface area (Å²) in [5, 5.41) is 0. The van der Waals surface area contributed by atoms with E-state index >= 15 is 0 Å². The number of likely N-dealkylation sites (N-methyl/N-ethyl adjacent to an activating group) is 1. The number of benzene rings is 2. The van der Waals surface area contributed by atoms with Crippen molar-refractivity contribution in [3.05, 3.63) is 72.6 Å². The van der Waals surface area contributed by atoms with E-state index in [-0.39, 0.29) is 12.5 Å². The smallest absolute Gasteiger partial charge is 0.331 e. The molecule has 3 aromatic rings. The van der Waals surface area contributed by atoms with Crippen LogP contribution < -0.4 is 4.90 Å². The van der Waals surface area contributed by atoms with E-state index in [0.29, 0.717) is 12.2 Å². The Kier molecular flexibility index (Phi) is 5.89. The fourth-order valence-corrected chi connectivity index (χ4v) is 2.57. The first kappa shape index (κ1) is 18.3. The highest BCUT2D eigenvalue weighted by Gasteiger charge is 2.15. The third-order valence-electron chi connectivity index (χ3n) is 3.88. The third-order valence-corrected chi connectivity index (χ3v) is 3.88. The van der Waals surface area contributed by atoms with Gasteiger partial charge in [0.1, 0.15) is 0 Å². The molecule has 0 bridgehead atoms. The number of ether oxygens (including phenoxy) is 1. The lowest BCUT2D eigenvalue weighted by atomic mass is 10.3. The number of carbonyl (C=O) groups excluding carboxylic acids is 2. The molecule has 0 spiro atoms. The Hall–Kier alpha value is -3.54. The van der Waals surface area contributed by atoms with Crippen molar-refractivity contribution in [1.82, 2.24) is 9.97 Å². The lowest BCUT2D eigenvalue weighted by Crippen LogP contribution is -2.34. The van der Waals surface area contributed by atoms with Gasteiger partial charge in [0, 0.05) is 18.3 Å². The third kappa shape index (κ3) is 4.76. The number of fused-ring (bicyclic) bond motifs is 1. The van der Waals surface area contributed by atoms with Crippen LogP contribution in [0, 0.1) is 0 Å². The second-order valence-electron chi connectivity index (χ2n) is 5.70. The van der Waals surface area contributed by atoms with Crippen molar-refractivity contribution in [2.24, 2.45) is 0 Å². The molecule has 0 unspecified atom stereocenters. The highest BCUT2D eigenvalue weighted by Crippen LogP contribution is 2.13. The van der Waals surface area contributed by atoms with Gasteiger partial charge in [-0.15, -0.1) is 0 Å². The predicted octanol–water partition coefficient (Wildman–Crippen LogP) is 3.24. The van der Waals surface area contributed by atoms with Crippen molar-refractivity contribution in [3.63, 3.8) is 0 Å². The van der Waals surface area contributed by atoms with Gasteiger partial charge in [-0.2, -0.15) is 0 Å². The van der Waals surface area contributed by atoms with Gasteiger partial charge in [0.25, 0.3) is 5.91 Å². The molecule has 3 rings (SSSR count). The number of hydrogen-bond acceptors (Lipinski definition) is 5. The molecule has 1 aromatic heterocycles. The second kappa shape index (κ2) is 8.71. The van der Waals surface area contributed by atoms with Crippen LogP contribution in [0.3, 0.4) is 0 Å². The maximum absolute atomic E-state index is 12.3. The number of rotatable bonds is 6. The summed E-state index contributed by atoms with van der Waals surface area (Å²) in [6, 6.07) is 16.7. The highest BCUT2D eigenvalue weighted by molar-refractivity contribution is 5.96. The molecule has 0 radical (unpaired) electrons. The molecule has 0 atom stereocenters. The topological polar surface area (TPSA) is 72.4 Å². The number of aromatic nitrogens is 2. The van der Waals surface area contributed by atoms with Gasteiger partial charge in [-0.25, -0.2) is 9.78 Å². The summed E-state index contributed by atoms with van der Waals surface area (Å²) in [5.41, 5.74) is 2.83. The number of amides is 1. The lowest BCUT2D eigenvalue weighted by Gasteiger charge is -2.20. The van der Waals surface area contributed by atoms with E-state index in [1.165, 1.54) is 12.2 Å². The molecule has 0 aliphatic carbocycles. The molecule has 0 aliphatic rings. The molecule has 0 saturated carbocycles. The average Bonchev–Trinajstić information content (AvgIpc) is 2.72. The Morgan fingerprint density at radius 3 is 2.48 bits per heavy atom. The number of para-hydroxylation sites is 3. The fourth-order valence-electron chi connectivity index (χ4n) is 2.57. The van der Waals surface area contributed by atoms with Crippen LogP contribution in [0.4, 0.5) is 5.69 Å². The number of nitrogens with zero attached hydrogens (tertiary/aromatic N) is 3. The van der Waals surface area contributed by atoms with Crippen molar-refractivity contribution in [2.75, 3.05) is 18.1 Å². The van der Waals surface area contributed by atoms with Gasteiger partial charge in [-0.1, -0.05) is 30.3 Å². The largest absolute Gasteiger partial charge is 0.452 e. The van der Waals surface area contributed by atoms with Crippen LogP contribution in [-0.2, 0) is 14.3 Å². The Balaban J connectivity index is 1.58. The Morgan fingerprint density at radius 2 is 1.74 bits per heavy atom. The molecule has 0 saturated heterocycles. The summed E-state index contributed by atoms with van der Waals surface area (Å²) in [7, 11) is 0. The van der Waals surface area contributed by atoms with Crippen LogP contribution in [0.25, 0.3) is 17.1 Å². The Bertz CT molecular complexity index is 971. The van der Waals surface area contributed by atoms with E-state index in [0.717, 1.165) is 16.7 Å². The molecule has 136 valence electrons. The zero-order valence-electron chi connectivity index (χ0n) is 14.9. The molecule has 0 N–H and O–H groups in total. The Morgan fingerprint density at radius 1 is 1.04 bits per heavy atom. The van der Waals surface area contributed by atoms with E-state index < -0.39 is 5.97 Å². The zero-order chi connectivity index (χ0) is 19.1. The van der Waals surface area contributed by atoms with Gasteiger partial charge >= 0.3 is 5.97 Å². The monoisotopic (exact) mass is 361 g/mol. The van der Waals surface area contributed by atoms with Crippen molar-refractivity contribution in [2.45, 2.75) is 6.92 Å². The van der Waals surface area contributed by atoms with Crippen LogP contribution in [0.1, 0.15) is 12.6 Å². The van der Waals surface area contributed by atoms with Crippen LogP contribution in [0.5, 0.6) is 0 Å². The quantitative estimate of drug-likeness (QED) is 0.498. The summed E-state index contributed by atoms with van der Waals surface area (Å²) in [6.07, 6.45) is 4.33. The number of hydrogen-bond donors (Lipinski definition) is 0. The SMILES string of the molecule is CCN(C(=O)COC(=O)/C=C/c1cnc2ccccc2n1)c1ccccc1. The maximum Gasteiger partial charge on any atom is 0.331 e. The molecule has 6 heteroatoms. The van der Waals surface area contributed by atoms with Crippen molar-refractivity contribution in [3.8, 4) is 0 Å². The number of esters is 1. The van der Waals surface area contributed by atoms with E-state index in [2.05, 4.69) is 9.97 Å². The zero-order valence-corrected chi connectivity index (χ0v) is 14.9. The van der Waals surface area contributed by atoms with Gasteiger partial charge < -0.3 is 9.64 Å². The summed E-state index contributed by atoms with van der Waals surface area (Å²) in [6.45, 7) is 2.03. The molecular weight excluding hydrogens is 342 g/mol. The molecule has 0 aliphatic heterocycles. The molecule has 1 amide bonds. The van der Waals surface area contributed by atoms with Crippen LogP contribution in [0.15, 0.2) is 66.9 Å². The molecule has 1 heterocycles. The number of carbonyl (C=O) groups is 2. The normalized spacial score (nSPS) is 10.9. The predicted molar refractivity (Wildman–Crippen MR) is 104 cm³/mol. The molecule has 0 fully saturated rings. The van der Waals surface area contributed by atoms with Crippen molar-refractivity contribution >= 4 is 34.7 Å². The summed E-state index contributed by atoms with van der Waals surface area (Å²) < 4.78 is 5.05. The summed E-state index contributed by atoms with van der Waals surface area (Å²) in [5.74, 6) is -0.890. The minimum absolute atomic E-state index is 0.282. The van der Waals surface area contributed by atoms with Gasteiger partial charge in [-0.05, 0) is 37.3 Å². The summed E-state index contributed by atoms with van der Waals surface area (Å²) in [4.78, 5) is 34.4. The summed E-state index contributed by atoms with van der Waals surface area (Å²) >= 11 is 0. The average molecular weight is 361 g/mol. The lowest BCUT2D eigenvalue weighted by molar-refractivity contribution is -0.142. The minimum Gasteiger partial charge on any atom is -0.452 e. The maximum atomic E-state index is 12.3. The molecule has 27 heavy (non-hydrogen) atoms. The highest BCUT2D eigenvalue weighted by atomic mass is 16.5. The van der Waals surface area contributed by atoms with E-state index in [4.69, 9.17) is 4.74 Å². The second-order valence-corrected chi connectivity index (χ2v) is 5.70. The van der Waals surface area contributed by atoms with Gasteiger partial charge in [0.05, 0.1) is 22.9 Å². The van der Waals surface area contributed by atoms with E-state index in [1.807, 2.05) is 61.5 Å². The van der Waals surface area contributed by atoms with Crippen molar-refractivity contribution < 1.29 is 14.3 Å². The van der Waals surface area contributed by atoms with Crippen molar-refractivity contribution in [1.29, 1.82) is 0 Å². The first-order valence-electron chi connectivity index (χ1n) is 8.59. The van der Waals surface area contributed by atoms with Gasteiger partial charge in [-0.3, -0.25) is 9.78 Å². The molecule has 6 nitrogen and oxygen atoms in total. The van der Waals surface area contributed by atoms with E-state index in [9.17, 15) is 9.59 Å². The molecule has 2 aromatic carbocycles. The first-order chi connectivity index (χ1) is 13.2. The van der Waals surface area contributed by atoms with Crippen LogP contribution in [-0.4, -0.2) is 35.0 Å². The number of anilines is 1. The molecular formula is C21H19N3O3. The van der Waals surface area contributed by atoms with Gasteiger partial charge in [0.2, 0.25) is 0 Å². The Labute approximate surface area is 157 Å². The van der Waals surface area contributed by atoms with Crippen LogP contribution >= 0.6 is 0 Å². The standard InChI is InChI=1S/C21H19N3O3/c1-2-24(17-8-4-3-5-9-17)20(25)15-27-21(26)13-12-16-14-22-18-10-6-7-11-19(18)23-16/h3-14H,2,15H2,1H3/b13-12+.